The highest BCUT2D eigenvalue weighted by atomic mass is 16.7. The molecule has 5 rings (SSSR count). The molecule has 0 radical (unpaired) electrons. The molecule has 6 unspecified atom stereocenters. The van der Waals surface area contributed by atoms with Crippen molar-refractivity contribution in [3.8, 4) is 0 Å². The number of aliphatic hydroxyl groups is 6. The van der Waals surface area contributed by atoms with Crippen LogP contribution in [0.2, 0.25) is 0 Å². The maximum Gasteiger partial charge on any atom is 0.333 e. The van der Waals surface area contributed by atoms with Gasteiger partial charge in [0.15, 0.2) is 12.6 Å². The first-order chi connectivity index (χ1) is 41.3. The third kappa shape index (κ3) is 25.9. The lowest BCUT2D eigenvalue weighted by Crippen LogP contribution is -2.58. The number of urea groups is 1. The maximum absolute atomic E-state index is 13.6. The summed E-state index contributed by atoms with van der Waals surface area (Å²) >= 11 is 0. The van der Waals surface area contributed by atoms with Gasteiger partial charge in [-0.1, -0.05) is 12.8 Å². The number of nitrogens with one attached hydrogen (secondary N) is 8. The van der Waals surface area contributed by atoms with E-state index in [0.717, 1.165) is 42.7 Å². The maximum atomic E-state index is 13.6. The molecule has 4 heterocycles. The molecule has 5 fully saturated rings. The molecule has 1 saturated carbocycles. The Hall–Kier alpha value is -5.22. The Morgan fingerprint density at radius 2 is 1.14 bits per heavy atom. The van der Waals surface area contributed by atoms with Crippen LogP contribution in [0.15, 0.2) is 11.3 Å². The van der Waals surface area contributed by atoms with Gasteiger partial charge in [-0.25, -0.2) is 9.59 Å². The van der Waals surface area contributed by atoms with E-state index in [2.05, 4.69) is 42.5 Å². The van der Waals surface area contributed by atoms with Crippen LogP contribution in [0, 0.1) is 0 Å². The topological polar surface area (TPSA) is 416 Å². The van der Waals surface area contributed by atoms with Crippen molar-refractivity contribution in [2.24, 2.45) is 0 Å². The zero-order valence-electron chi connectivity index (χ0n) is 49.8. The van der Waals surface area contributed by atoms with Crippen LogP contribution in [0.5, 0.6) is 0 Å². The van der Waals surface area contributed by atoms with Crippen molar-refractivity contribution < 1.29 is 97.5 Å². The summed E-state index contributed by atoms with van der Waals surface area (Å²) in [7, 11) is 0. The van der Waals surface area contributed by atoms with Gasteiger partial charge in [-0.15, -0.1) is 5.06 Å². The summed E-state index contributed by atoms with van der Waals surface area (Å²) in [6.07, 6.45) is -1.68. The fourth-order valence-corrected chi connectivity index (χ4v) is 9.96. The monoisotopic (exact) mass is 1230 g/mol. The molecule has 12 atom stereocenters. The van der Waals surface area contributed by atoms with Crippen molar-refractivity contribution in [2.75, 3.05) is 85.2 Å². The molecule has 0 spiro atoms. The molecule has 1 aliphatic carbocycles. The third-order valence-corrected chi connectivity index (χ3v) is 15.3. The first kappa shape index (κ1) is 71.5. The van der Waals surface area contributed by atoms with Crippen LogP contribution in [-0.2, 0) is 62.1 Å². The lowest BCUT2D eigenvalue weighted by Gasteiger charge is -2.42. The Balaban J connectivity index is 0.980. The first-order valence-electron chi connectivity index (χ1n) is 30.6. The first-order valence-corrected chi connectivity index (χ1v) is 30.6. The lowest BCUT2D eigenvalue weighted by molar-refractivity contribution is -0.303. The van der Waals surface area contributed by atoms with E-state index in [0.29, 0.717) is 76.2 Å². The molecular formula is C56H96N10O20. The average Bonchev–Trinajstić information content (AvgIpc) is 2.86. The zero-order chi connectivity index (χ0) is 62.4. The van der Waals surface area contributed by atoms with Gasteiger partial charge in [0.2, 0.25) is 23.6 Å². The number of rotatable bonds is 39. The van der Waals surface area contributed by atoms with E-state index in [1.807, 2.05) is 0 Å². The predicted octanol–water partition coefficient (Wildman–Crippen LogP) is -2.85. The van der Waals surface area contributed by atoms with E-state index in [-0.39, 0.29) is 96.1 Å². The van der Waals surface area contributed by atoms with Gasteiger partial charge in [-0.2, -0.15) is 0 Å². The minimum atomic E-state index is -1.27. The number of unbranched alkanes of at least 4 members (excludes halogenated alkanes) is 6. The standard InChI is InChI=1S/C56H96N10O20/c1-35-39(68)27-41(70)54(82-35)81-26-25-62-45(72)15-6-3-8-21-60-47(74)32-65(56(80)64-24-23-63-49-29-43(53(79)44(34-67)84-49)85-55-42(71)28-40(69)36(2)83-55)33-48(75)61-22-11-5-10-19-58-38(37-13-12-14-37)30-57-31-46(73)59-20-9-4-7-16-52(78)86-66-50(76)17-18-51(66)77/h35-36,39-44,49,53-55,57-58,63,67-71,79H,3-34H2,1-2H3,(H,59,73)(H,60,74)(H,61,75)(H,62,72)(H,64,80)/t35?,36?,39-,40-,41?,42?,43?,44?,49-,53-,54-,55+/m0/s1. The Labute approximate surface area is 502 Å². The van der Waals surface area contributed by atoms with Gasteiger partial charge in [-0.3, -0.25) is 34.1 Å². The summed E-state index contributed by atoms with van der Waals surface area (Å²) < 4.78 is 28.4. The van der Waals surface area contributed by atoms with Gasteiger partial charge < -0.3 is 101 Å². The largest absolute Gasteiger partial charge is 0.394 e. The van der Waals surface area contributed by atoms with Crippen LogP contribution in [0.4, 0.5) is 4.79 Å². The number of imide groups is 1. The number of hydrogen-bond acceptors (Lipinski definition) is 23. The predicted molar refractivity (Wildman–Crippen MR) is 304 cm³/mol. The fraction of sp³-hybridized carbons (Fsp3) is 0.821. The van der Waals surface area contributed by atoms with Crippen molar-refractivity contribution in [2.45, 2.75) is 210 Å². The van der Waals surface area contributed by atoms with E-state index < -0.39 is 129 Å². The van der Waals surface area contributed by atoms with Crippen LogP contribution < -0.4 is 42.5 Å². The molecule has 4 saturated heterocycles. The van der Waals surface area contributed by atoms with Crippen LogP contribution in [0.1, 0.15) is 136 Å². The summed E-state index contributed by atoms with van der Waals surface area (Å²) in [6.45, 7) is 4.65. The second-order valence-electron chi connectivity index (χ2n) is 22.4. The van der Waals surface area contributed by atoms with Crippen molar-refractivity contribution in [3.63, 3.8) is 0 Å². The molecule has 30 nitrogen and oxygen atoms in total. The van der Waals surface area contributed by atoms with Crippen molar-refractivity contribution in [1.29, 1.82) is 0 Å². The molecule has 5 aliphatic rings. The fourth-order valence-electron chi connectivity index (χ4n) is 9.96. The molecule has 490 valence electrons. The lowest BCUT2D eigenvalue weighted by atomic mass is 9.90. The zero-order valence-corrected chi connectivity index (χ0v) is 49.8. The number of ether oxygens (including phenoxy) is 5. The van der Waals surface area contributed by atoms with E-state index in [4.69, 9.17) is 28.5 Å². The molecule has 8 amide bonds. The highest BCUT2D eigenvalue weighted by molar-refractivity contribution is 6.01. The van der Waals surface area contributed by atoms with Gasteiger partial charge in [0, 0.05) is 103 Å². The van der Waals surface area contributed by atoms with Crippen LogP contribution >= 0.6 is 0 Å². The number of carbonyl (C=O) groups is 8. The molecular weight excluding hydrogens is 1130 g/mol. The van der Waals surface area contributed by atoms with E-state index in [1.54, 1.807) is 13.8 Å². The molecule has 4 aliphatic heterocycles. The van der Waals surface area contributed by atoms with Gasteiger partial charge >= 0.3 is 12.0 Å². The Morgan fingerprint density at radius 1 is 0.581 bits per heavy atom. The Bertz CT molecular complexity index is 2160. The van der Waals surface area contributed by atoms with E-state index >= 15 is 0 Å². The Kier molecular flexibility index (Phi) is 32.4. The van der Waals surface area contributed by atoms with Crippen molar-refractivity contribution >= 4 is 47.4 Å². The second kappa shape index (κ2) is 38.9. The van der Waals surface area contributed by atoms with Gasteiger partial charge in [0.1, 0.15) is 43.7 Å². The van der Waals surface area contributed by atoms with Crippen molar-refractivity contribution in [1.82, 2.24) is 52.5 Å². The molecule has 30 heteroatoms. The van der Waals surface area contributed by atoms with Gasteiger partial charge in [-0.05, 0) is 83.6 Å². The average molecular weight is 1230 g/mol. The molecule has 86 heavy (non-hydrogen) atoms. The SMILES string of the molecule is CC1O[C@H](OCCNC(=O)CCCCCNC(=O)CN(CC(=O)NCCCCCNC(CNCC(=O)NCCCCCC(=O)ON2C(=O)CCC2=O)=C2CCC2)C(=O)NCCN[C@@H]2CC(O[C@H]3OC(C)[C@@H](O)CC3O)[C@H](O)C(CO)O2)C(O)C[C@@H]1O. The number of hydrogen-bond donors (Lipinski definition) is 14. The molecule has 0 aromatic carbocycles. The smallest absolute Gasteiger partial charge is 0.333 e. The summed E-state index contributed by atoms with van der Waals surface area (Å²) in [5.41, 5.74) is 2.37. The number of allylic oxidation sites excluding steroid dienone is 1. The Morgan fingerprint density at radius 3 is 1.74 bits per heavy atom. The normalized spacial score (nSPS) is 26.5. The molecule has 0 bridgehead atoms. The summed E-state index contributed by atoms with van der Waals surface area (Å²) in [4.78, 5) is 106. The third-order valence-electron chi connectivity index (χ3n) is 15.3. The van der Waals surface area contributed by atoms with Crippen LogP contribution in [0.25, 0.3) is 0 Å². The molecule has 14 N–H and O–H groups in total. The van der Waals surface area contributed by atoms with Gasteiger partial charge in [0.25, 0.3) is 11.8 Å². The second-order valence-corrected chi connectivity index (χ2v) is 22.4. The number of amides is 8. The number of aliphatic hydroxyl groups excluding tert-OH is 6. The summed E-state index contributed by atoms with van der Waals surface area (Å²) in [6, 6.07) is -0.695. The van der Waals surface area contributed by atoms with Gasteiger partial charge in [0.05, 0.1) is 50.3 Å². The summed E-state index contributed by atoms with van der Waals surface area (Å²) in [5, 5.41) is 85.6. The van der Waals surface area contributed by atoms with E-state index in [1.165, 1.54) is 5.57 Å². The van der Waals surface area contributed by atoms with Crippen LogP contribution in [0.3, 0.4) is 0 Å². The summed E-state index contributed by atoms with van der Waals surface area (Å²) in [5.74, 6) is -3.03. The highest BCUT2D eigenvalue weighted by Gasteiger charge is 2.43. The highest BCUT2D eigenvalue weighted by Crippen LogP contribution is 2.29. The minimum absolute atomic E-state index is 0.0106. The number of carbonyl (C=O) groups excluding carboxylic acids is 8. The quantitative estimate of drug-likeness (QED) is 0.0218. The number of nitrogens with zero attached hydrogens (tertiary/aromatic N) is 2. The molecule has 0 aromatic heterocycles. The minimum Gasteiger partial charge on any atom is -0.394 e. The number of hydroxylamine groups is 2. The van der Waals surface area contributed by atoms with Crippen molar-refractivity contribution in [3.05, 3.63) is 11.3 Å². The van der Waals surface area contributed by atoms with E-state index in [9.17, 15) is 69.0 Å². The van der Waals surface area contributed by atoms with Crippen LogP contribution in [-0.4, -0.2) is 247 Å². The molecule has 0 aromatic rings.